The molecule has 0 radical (unpaired) electrons. The predicted molar refractivity (Wildman–Crippen MR) is 120 cm³/mol. The average Bonchev–Trinajstić information content (AvgIpc) is 3.05. The van der Waals surface area contributed by atoms with Crippen LogP contribution in [-0.4, -0.2) is 28.8 Å². The summed E-state index contributed by atoms with van der Waals surface area (Å²) in [6.45, 7) is 10.8. The largest absolute Gasteiger partial charge is 0.483 e. The molecule has 0 unspecified atom stereocenters. The Morgan fingerprint density at radius 2 is 1.84 bits per heavy atom. The first-order chi connectivity index (χ1) is 15.3. The second kappa shape index (κ2) is 9.79. The van der Waals surface area contributed by atoms with Gasteiger partial charge in [0, 0.05) is 12.2 Å². The Morgan fingerprint density at radius 3 is 2.47 bits per heavy atom. The highest BCUT2D eigenvalue weighted by Gasteiger charge is 2.28. The van der Waals surface area contributed by atoms with Crippen LogP contribution >= 0.6 is 0 Å². The molecule has 0 aliphatic rings. The lowest BCUT2D eigenvalue weighted by atomic mass is 9.99. The number of nitrogens with zero attached hydrogens (tertiary/aromatic N) is 2. The molecule has 3 rings (SSSR count). The molecule has 1 heterocycles. The third-order valence-electron chi connectivity index (χ3n) is 4.93. The van der Waals surface area contributed by atoms with Crippen molar-refractivity contribution in [2.45, 2.75) is 26.8 Å². The Labute approximate surface area is 185 Å². The van der Waals surface area contributed by atoms with E-state index >= 15 is 0 Å². The van der Waals surface area contributed by atoms with Gasteiger partial charge in [-0.2, -0.15) is 11.5 Å². The number of rotatable bonds is 9. The average molecular weight is 432 g/mol. The topological polar surface area (TPSA) is 108 Å². The minimum atomic E-state index is -1.06. The van der Waals surface area contributed by atoms with Crippen LogP contribution in [0.4, 0.5) is 0 Å². The van der Waals surface area contributed by atoms with Gasteiger partial charge in [-0.15, -0.1) is 0 Å². The zero-order chi connectivity index (χ0) is 23.3. The number of nitrogens with one attached hydrogen (secondary N) is 1. The van der Waals surface area contributed by atoms with Crippen LogP contribution < -0.4 is 15.9 Å². The van der Waals surface area contributed by atoms with E-state index in [0.717, 1.165) is 5.56 Å². The number of amides is 2. The number of carbonyl (C=O) groups is 3. The Balaban J connectivity index is 2.25. The highest BCUT2D eigenvalue weighted by Crippen LogP contribution is 2.36. The Kier molecular flexibility index (Phi) is 6.90. The van der Waals surface area contributed by atoms with Crippen molar-refractivity contribution in [2.75, 3.05) is 6.61 Å². The molecule has 3 aromatic rings. The number of carbonyl (C=O) groups excluding carboxylic acids is 3. The van der Waals surface area contributed by atoms with Gasteiger partial charge in [-0.05, 0) is 30.0 Å². The number of nitrogens with two attached hydrogens (primary N) is 1. The lowest BCUT2D eigenvalue weighted by Crippen LogP contribution is -2.25. The third kappa shape index (κ3) is 4.78. The second-order valence-electron chi connectivity index (χ2n) is 7.77. The third-order valence-corrected chi connectivity index (χ3v) is 4.93. The molecule has 0 atom stereocenters. The molecule has 0 aliphatic heterocycles. The first-order valence-electron chi connectivity index (χ1n) is 10.1. The second-order valence-corrected chi connectivity index (χ2v) is 7.77. The van der Waals surface area contributed by atoms with Crippen LogP contribution in [0.25, 0.3) is 15.9 Å². The first-order valence-corrected chi connectivity index (χ1v) is 10.1. The summed E-state index contributed by atoms with van der Waals surface area (Å²) in [6, 6.07) is 15.0. The maximum atomic E-state index is 13.0. The van der Waals surface area contributed by atoms with Gasteiger partial charge in [0.25, 0.3) is 11.7 Å². The van der Waals surface area contributed by atoms with Crippen molar-refractivity contribution in [2.24, 2.45) is 11.7 Å². The minimum Gasteiger partial charge on any atom is -0.483 e. The minimum absolute atomic E-state index is 0.193. The monoisotopic (exact) mass is 432 g/mol. The molecule has 1 aromatic heterocycles. The van der Waals surface area contributed by atoms with Crippen molar-refractivity contribution < 1.29 is 19.1 Å². The van der Waals surface area contributed by atoms with Crippen LogP contribution in [0.2, 0.25) is 0 Å². The number of ether oxygens (including phenoxy) is 1. The van der Waals surface area contributed by atoms with E-state index in [4.69, 9.17) is 17.0 Å². The molecule has 2 amide bonds. The molecule has 8 heteroatoms. The zero-order valence-corrected chi connectivity index (χ0v) is 17.9. The lowest BCUT2D eigenvalue weighted by Gasteiger charge is -2.14. The van der Waals surface area contributed by atoms with Gasteiger partial charge < -0.3 is 15.0 Å². The molecule has 3 N–H and O–H groups in total. The number of hydrogen-bond donors (Lipinski definition) is 2. The van der Waals surface area contributed by atoms with E-state index in [-0.39, 0.29) is 17.2 Å². The van der Waals surface area contributed by atoms with Crippen molar-refractivity contribution in [1.82, 2.24) is 9.99 Å². The number of primary amides is 1. The van der Waals surface area contributed by atoms with Gasteiger partial charge in [0.15, 0.2) is 6.61 Å². The Bertz CT molecular complexity index is 1210. The number of fused-ring (bicyclic) bond motifs is 1. The smallest absolute Gasteiger partial charge is 0.325 e. The fraction of sp³-hybridized carbons (Fsp3) is 0.250. The van der Waals surface area contributed by atoms with Crippen molar-refractivity contribution >= 4 is 28.5 Å². The van der Waals surface area contributed by atoms with Gasteiger partial charge in [-0.25, -0.2) is 0 Å². The molecule has 0 fully saturated rings. The first kappa shape index (κ1) is 22.6. The number of aromatic nitrogens is 1. The van der Waals surface area contributed by atoms with E-state index in [2.05, 4.69) is 4.95 Å². The van der Waals surface area contributed by atoms with Gasteiger partial charge in [0.2, 0.25) is 0 Å². The SMILES string of the molecule is [C-]#[N+]NC(=O)COc1cccc2c1c(C(=O)C(N)=O)c(CC(C)C)n2Cc1ccccc1. The van der Waals surface area contributed by atoms with Crippen molar-refractivity contribution in [3.8, 4) is 5.75 Å². The fourth-order valence-electron chi connectivity index (χ4n) is 3.69. The quantitative estimate of drug-likeness (QED) is 0.235. The Morgan fingerprint density at radius 1 is 1.12 bits per heavy atom. The molecule has 0 aliphatic carbocycles. The number of Topliss-reactive ketones (excluding diaryl/α,β-unsaturated/α-hetero) is 1. The highest BCUT2D eigenvalue weighted by atomic mass is 16.5. The standard InChI is InChI=1S/C24H24N4O4/c1-15(2)12-18-22(23(30)24(25)31)21-17(28(18)13-16-8-5-4-6-9-16)10-7-11-19(21)32-14-20(29)27-26-3/h4-11,15H,12-14H2,1-2H3,(H2,25,31)(H,27,29). The molecule has 32 heavy (non-hydrogen) atoms. The van der Waals surface area contributed by atoms with Crippen LogP contribution in [0.5, 0.6) is 5.75 Å². The molecule has 0 saturated carbocycles. The number of benzene rings is 2. The van der Waals surface area contributed by atoms with E-state index in [1.54, 1.807) is 12.1 Å². The van der Waals surface area contributed by atoms with Crippen LogP contribution in [0.1, 0.15) is 35.5 Å². The van der Waals surface area contributed by atoms with E-state index in [9.17, 15) is 14.4 Å². The van der Waals surface area contributed by atoms with Crippen molar-refractivity contribution in [1.29, 1.82) is 0 Å². The fourth-order valence-corrected chi connectivity index (χ4v) is 3.69. The summed E-state index contributed by atoms with van der Waals surface area (Å²) >= 11 is 0. The van der Waals surface area contributed by atoms with Gasteiger partial charge in [0.05, 0.1) is 16.5 Å². The van der Waals surface area contributed by atoms with Gasteiger partial charge in [0.1, 0.15) is 5.75 Å². The van der Waals surface area contributed by atoms with E-state index < -0.39 is 24.2 Å². The molecule has 164 valence electrons. The predicted octanol–water partition coefficient (Wildman–Crippen LogP) is 2.89. The number of ketones is 1. The summed E-state index contributed by atoms with van der Waals surface area (Å²) in [5, 5.41) is 0.429. The molecule has 0 saturated heterocycles. The molecule has 0 spiro atoms. The van der Waals surface area contributed by atoms with Crippen LogP contribution in [0, 0.1) is 12.5 Å². The van der Waals surface area contributed by atoms with Crippen LogP contribution in [0.3, 0.4) is 0 Å². The van der Waals surface area contributed by atoms with E-state index in [1.165, 1.54) is 0 Å². The maximum Gasteiger partial charge on any atom is 0.325 e. The number of hydrogen-bond acceptors (Lipinski definition) is 4. The lowest BCUT2D eigenvalue weighted by molar-refractivity contribution is -0.122. The molecular weight excluding hydrogens is 408 g/mol. The normalized spacial score (nSPS) is 10.7. The van der Waals surface area contributed by atoms with E-state index in [1.807, 2.05) is 60.2 Å². The summed E-state index contributed by atoms with van der Waals surface area (Å²) < 4.78 is 7.65. The Hall–Kier alpha value is -4.12. The summed E-state index contributed by atoms with van der Waals surface area (Å²) in [5.41, 5.74) is 9.97. The maximum absolute atomic E-state index is 13.0. The van der Waals surface area contributed by atoms with E-state index in [0.29, 0.717) is 29.6 Å². The van der Waals surface area contributed by atoms with Crippen LogP contribution in [-0.2, 0) is 22.6 Å². The summed E-state index contributed by atoms with van der Waals surface area (Å²) in [6.07, 6.45) is 0.535. The summed E-state index contributed by atoms with van der Waals surface area (Å²) in [5.74, 6) is -2.02. The molecular formula is C24H24N4O4. The molecule has 2 aromatic carbocycles. The highest BCUT2D eigenvalue weighted by molar-refractivity contribution is 6.45. The molecule has 0 bridgehead atoms. The summed E-state index contributed by atoms with van der Waals surface area (Å²) in [4.78, 5) is 39.5. The van der Waals surface area contributed by atoms with Gasteiger partial charge in [-0.1, -0.05) is 55.7 Å². The summed E-state index contributed by atoms with van der Waals surface area (Å²) in [7, 11) is 0. The van der Waals surface area contributed by atoms with Crippen molar-refractivity contribution in [3.63, 3.8) is 0 Å². The molecule has 8 nitrogen and oxygen atoms in total. The zero-order valence-electron chi connectivity index (χ0n) is 17.9. The van der Waals surface area contributed by atoms with Crippen LogP contribution in [0.15, 0.2) is 48.5 Å². The van der Waals surface area contributed by atoms with Gasteiger partial charge >= 0.3 is 5.91 Å². The van der Waals surface area contributed by atoms with Crippen molar-refractivity contribution in [3.05, 3.63) is 76.9 Å². The van der Waals surface area contributed by atoms with Gasteiger partial charge in [-0.3, -0.25) is 14.4 Å².